The number of amidine groups is 1. The lowest BCUT2D eigenvalue weighted by atomic mass is 10.1. The quantitative estimate of drug-likeness (QED) is 0.377. The van der Waals surface area contributed by atoms with Crippen molar-refractivity contribution in [3.63, 3.8) is 0 Å². The number of hydrogen-bond donors (Lipinski definition) is 2. The molecule has 0 spiro atoms. The van der Waals surface area contributed by atoms with Crippen LogP contribution in [0.4, 0.5) is 4.39 Å². The van der Waals surface area contributed by atoms with E-state index in [4.69, 9.17) is 10.9 Å². The lowest BCUT2D eigenvalue weighted by Gasteiger charge is -2.09. The number of oxime groups is 1. The fraction of sp³-hybridized carbons (Fsp3) is 0.500. The SMILES string of the molecule is N/C(=N/O)c1cc(F)cc(CSCC2CCCC2)c1. The molecular weight excluding hydrogens is 263 g/mol. The van der Waals surface area contributed by atoms with E-state index in [0.29, 0.717) is 5.56 Å². The third kappa shape index (κ3) is 4.13. The molecule has 104 valence electrons. The first kappa shape index (κ1) is 14.2. The highest BCUT2D eigenvalue weighted by Crippen LogP contribution is 2.29. The van der Waals surface area contributed by atoms with E-state index in [1.165, 1.54) is 37.8 Å². The van der Waals surface area contributed by atoms with Crippen LogP contribution < -0.4 is 5.73 Å². The Morgan fingerprint density at radius 1 is 1.37 bits per heavy atom. The van der Waals surface area contributed by atoms with Crippen molar-refractivity contribution in [1.82, 2.24) is 0 Å². The third-order valence-electron chi connectivity index (χ3n) is 3.46. The van der Waals surface area contributed by atoms with Gasteiger partial charge in [-0.05, 0) is 48.3 Å². The first-order chi connectivity index (χ1) is 9.19. The molecule has 0 radical (unpaired) electrons. The van der Waals surface area contributed by atoms with Gasteiger partial charge in [-0.3, -0.25) is 0 Å². The minimum absolute atomic E-state index is 0.0541. The maximum Gasteiger partial charge on any atom is 0.170 e. The summed E-state index contributed by atoms with van der Waals surface area (Å²) in [5.41, 5.74) is 6.80. The molecule has 1 aliphatic carbocycles. The van der Waals surface area contributed by atoms with Gasteiger partial charge in [0.2, 0.25) is 0 Å². The lowest BCUT2D eigenvalue weighted by Crippen LogP contribution is -2.13. The van der Waals surface area contributed by atoms with E-state index in [0.717, 1.165) is 23.0 Å². The monoisotopic (exact) mass is 282 g/mol. The van der Waals surface area contributed by atoms with Gasteiger partial charge in [-0.25, -0.2) is 4.39 Å². The van der Waals surface area contributed by atoms with Crippen LogP contribution in [0.25, 0.3) is 0 Å². The second-order valence-corrected chi connectivity index (χ2v) is 6.03. The van der Waals surface area contributed by atoms with Crippen LogP contribution in [0.15, 0.2) is 23.4 Å². The molecule has 1 saturated carbocycles. The van der Waals surface area contributed by atoms with Crippen molar-refractivity contribution < 1.29 is 9.60 Å². The van der Waals surface area contributed by atoms with Crippen LogP contribution in [0.5, 0.6) is 0 Å². The minimum atomic E-state index is -0.347. The average Bonchev–Trinajstić information content (AvgIpc) is 2.90. The van der Waals surface area contributed by atoms with Crippen LogP contribution in [0, 0.1) is 11.7 Å². The first-order valence-corrected chi connectivity index (χ1v) is 7.69. The van der Waals surface area contributed by atoms with Gasteiger partial charge >= 0.3 is 0 Å². The van der Waals surface area contributed by atoms with E-state index < -0.39 is 0 Å². The summed E-state index contributed by atoms with van der Waals surface area (Å²) in [6, 6.07) is 4.57. The third-order valence-corrected chi connectivity index (χ3v) is 4.70. The minimum Gasteiger partial charge on any atom is -0.409 e. The number of nitrogens with two attached hydrogens (primary N) is 1. The van der Waals surface area contributed by atoms with Crippen molar-refractivity contribution in [2.45, 2.75) is 31.4 Å². The normalized spacial score (nSPS) is 17.0. The van der Waals surface area contributed by atoms with Gasteiger partial charge < -0.3 is 10.9 Å². The number of benzene rings is 1. The molecule has 0 amide bonds. The van der Waals surface area contributed by atoms with E-state index in [-0.39, 0.29) is 11.7 Å². The van der Waals surface area contributed by atoms with Crippen LogP contribution in [0.3, 0.4) is 0 Å². The summed E-state index contributed by atoms with van der Waals surface area (Å²) in [6.07, 6.45) is 5.34. The van der Waals surface area contributed by atoms with Crippen LogP contribution >= 0.6 is 11.8 Å². The molecule has 1 aliphatic rings. The highest BCUT2D eigenvalue weighted by molar-refractivity contribution is 7.98. The molecule has 1 fully saturated rings. The Balaban J connectivity index is 1.93. The highest BCUT2D eigenvalue weighted by atomic mass is 32.2. The lowest BCUT2D eigenvalue weighted by molar-refractivity contribution is 0.318. The fourth-order valence-electron chi connectivity index (χ4n) is 2.46. The van der Waals surface area contributed by atoms with Crippen LogP contribution in [-0.4, -0.2) is 16.8 Å². The molecule has 0 unspecified atom stereocenters. The van der Waals surface area contributed by atoms with E-state index in [2.05, 4.69) is 5.16 Å². The number of rotatable bonds is 5. The first-order valence-electron chi connectivity index (χ1n) is 6.54. The molecular formula is C14H19FN2OS. The zero-order chi connectivity index (χ0) is 13.7. The molecule has 0 aromatic heterocycles. The molecule has 0 saturated heterocycles. The summed E-state index contributed by atoms with van der Waals surface area (Å²) < 4.78 is 13.5. The van der Waals surface area contributed by atoms with Crippen LogP contribution in [0.1, 0.15) is 36.8 Å². The van der Waals surface area contributed by atoms with Crippen LogP contribution in [0.2, 0.25) is 0 Å². The van der Waals surface area contributed by atoms with Crippen molar-refractivity contribution in [1.29, 1.82) is 0 Å². The van der Waals surface area contributed by atoms with Gasteiger partial charge in [0, 0.05) is 11.3 Å². The van der Waals surface area contributed by atoms with Gasteiger partial charge in [0.1, 0.15) is 5.82 Å². The molecule has 0 atom stereocenters. The molecule has 2 rings (SSSR count). The largest absolute Gasteiger partial charge is 0.409 e. The molecule has 0 aliphatic heterocycles. The summed E-state index contributed by atoms with van der Waals surface area (Å²) in [4.78, 5) is 0. The van der Waals surface area contributed by atoms with Crippen molar-refractivity contribution >= 4 is 17.6 Å². The fourth-order valence-corrected chi connectivity index (χ4v) is 3.65. The Morgan fingerprint density at radius 3 is 2.79 bits per heavy atom. The van der Waals surface area contributed by atoms with Gasteiger partial charge in [-0.1, -0.05) is 18.0 Å². The smallest absolute Gasteiger partial charge is 0.170 e. The highest BCUT2D eigenvalue weighted by Gasteiger charge is 2.14. The van der Waals surface area contributed by atoms with Crippen LogP contribution in [-0.2, 0) is 5.75 Å². The number of hydrogen-bond acceptors (Lipinski definition) is 3. The molecule has 3 nitrogen and oxygen atoms in total. The van der Waals surface area contributed by atoms with Gasteiger partial charge in [-0.2, -0.15) is 11.8 Å². The van der Waals surface area contributed by atoms with Crippen molar-refractivity contribution in [2.75, 3.05) is 5.75 Å². The zero-order valence-electron chi connectivity index (χ0n) is 10.8. The Labute approximate surface area is 117 Å². The number of nitrogens with zero attached hydrogens (tertiary/aromatic N) is 1. The van der Waals surface area contributed by atoms with Crippen molar-refractivity contribution in [3.8, 4) is 0 Å². The topological polar surface area (TPSA) is 58.6 Å². The molecule has 0 heterocycles. The second-order valence-electron chi connectivity index (χ2n) is 5.00. The molecule has 5 heteroatoms. The molecule has 19 heavy (non-hydrogen) atoms. The van der Waals surface area contributed by atoms with Crippen molar-refractivity contribution in [3.05, 3.63) is 35.1 Å². The maximum absolute atomic E-state index is 13.5. The zero-order valence-corrected chi connectivity index (χ0v) is 11.6. The van der Waals surface area contributed by atoms with Gasteiger partial charge in [0.15, 0.2) is 5.84 Å². The Morgan fingerprint density at radius 2 is 2.11 bits per heavy atom. The molecule has 0 bridgehead atoms. The standard InChI is InChI=1S/C14H19FN2OS/c15-13-6-11(5-12(7-13)14(16)17-18)9-19-8-10-3-1-2-4-10/h5-7,10,18H,1-4,8-9H2,(H2,16,17). The van der Waals surface area contributed by atoms with Gasteiger partial charge in [-0.15, -0.1) is 0 Å². The molecule has 3 N–H and O–H groups in total. The average molecular weight is 282 g/mol. The van der Waals surface area contributed by atoms with Crippen molar-refractivity contribution in [2.24, 2.45) is 16.8 Å². The predicted molar refractivity (Wildman–Crippen MR) is 77.0 cm³/mol. The number of halogens is 1. The Kier molecular flexibility index (Phi) is 5.07. The van der Waals surface area contributed by atoms with E-state index in [1.807, 2.05) is 11.8 Å². The van der Waals surface area contributed by atoms with Gasteiger partial charge in [0.05, 0.1) is 0 Å². The maximum atomic E-state index is 13.5. The molecule has 1 aromatic carbocycles. The summed E-state index contributed by atoms with van der Waals surface area (Å²) >= 11 is 1.83. The Hall–Kier alpha value is -1.23. The van der Waals surface area contributed by atoms with E-state index >= 15 is 0 Å². The van der Waals surface area contributed by atoms with E-state index in [9.17, 15) is 4.39 Å². The summed E-state index contributed by atoms with van der Waals surface area (Å²) in [6.45, 7) is 0. The molecule has 1 aromatic rings. The second kappa shape index (κ2) is 6.80. The summed E-state index contributed by atoms with van der Waals surface area (Å²) in [5.74, 6) is 2.32. The summed E-state index contributed by atoms with van der Waals surface area (Å²) in [7, 11) is 0. The van der Waals surface area contributed by atoms with Gasteiger partial charge in [0.25, 0.3) is 0 Å². The Bertz CT molecular complexity index is 459. The number of thioether (sulfide) groups is 1. The summed E-state index contributed by atoms with van der Waals surface area (Å²) in [5, 5.41) is 11.5. The predicted octanol–water partition coefficient (Wildman–Crippen LogP) is 3.34. The van der Waals surface area contributed by atoms with E-state index in [1.54, 1.807) is 6.07 Å².